The van der Waals surface area contributed by atoms with Crippen molar-refractivity contribution in [2.75, 3.05) is 18.5 Å². The Kier molecular flexibility index (Phi) is 10.1. The van der Waals surface area contributed by atoms with Crippen LogP contribution in [0.15, 0.2) is 61.2 Å². The second-order valence-corrected chi connectivity index (χ2v) is 6.83. The first-order valence-electron chi connectivity index (χ1n) is 10.2. The second-order valence-electron chi connectivity index (χ2n) is 6.83. The van der Waals surface area contributed by atoms with Crippen LogP contribution in [0.1, 0.15) is 48.9 Å². The number of anilines is 1. The van der Waals surface area contributed by atoms with Gasteiger partial charge in [0.1, 0.15) is 11.6 Å². The van der Waals surface area contributed by atoms with Crippen LogP contribution in [0.2, 0.25) is 0 Å². The minimum Gasteiger partial charge on any atom is -0.494 e. The maximum atomic E-state index is 12.9. The molecule has 0 fully saturated rings. The molecule has 0 saturated heterocycles. The highest BCUT2D eigenvalue weighted by Gasteiger charge is 2.06. The molecule has 0 aliphatic rings. The van der Waals surface area contributed by atoms with Crippen LogP contribution in [0.3, 0.4) is 0 Å². The van der Waals surface area contributed by atoms with Gasteiger partial charge in [0.05, 0.1) is 13.2 Å². The summed E-state index contributed by atoms with van der Waals surface area (Å²) in [6.07, 6.45) is 7.33. The molecule has 0 spiro atoms. The fourth-order valence-corrected chi connectivity index (χ4v) is 2.77. The van der Waals surface area contributed by atoms with Crippen LogP contribution in [0.4, 0.5) is 10.1 Å². The largest absolute Gasteiger partial charge is 0.494 e. The number of carbonyl (C=O) groups is 2. The molecule has 0 aliphatic carbocycles. The number of halogens is 1. The summed E-state index contributed by atoms with van der Waals surface area (Å²) in [6.45, 7) is 4.43. The van der Waals surface area contributed by atoms with Gasteiger partial charge < -0.3 is 14.8 Å². The van der Waals surface area contributed by atoms with Crippen LogP contribution in [0.5, 0.6) is 5.75 Å². The zero-order valence-corrected chi connectivity index (χ0v) is 17.1. The number of hydrogen-bond acceptors (Lipinski definition) is 4. The predicted molar refractivity (Wildman–Crippen MR) is 115 cm³/mol. The third-order valence-corrected chi connectivity index (χ3v) is 4.44. The molecular weight excluding hydrogens is 385 g/mol. The number of ether oxygens (including phenoxy) is 2. The lowest BCUT2D eigenvalue weighted by Crippen LogP contribution is -2.11. The second kappa shape index (κ2) is 13.1. The van der Waals surface area contributed by atoms with Gasteiger partial charge in [-0.15, -0.1) is 0 Å². The molecule has 160 valence electrons. The first-order valence-corrected chi connectivity index (χ1v) is 10.2. The van der Waals surface area contributed by atoms with E-state index in [0.29, 0.717) is 24.5 Å². The molecule has 0 heterocycles. The van der Waals surface area contributed by atoms with Gasteiger partial charge in [-0.1, -0.05) is 32.3 Å². The molecule has 0 atom stereocenters. The van der Waals surface area contributed by atoms with E-state index in [4.69, 9.17) is 9.47 Å². The lowest BCUT2D eigenvalue weighted by molar-refractivity contribution is -0.137. The summed E-state index contributed by atoms with van der Waals surface area (Å²) in [5, 5.41) is 2.72. The van der Waals surface area contributed by atoms with Gasteiger partial charge in [0, 0.05) is 17.3 Å². The molecule has 0 bridgehead atoms. The summed E-state index contributed by atoms with van der Waals surface area (Å²) >= 11 is 0. The Morgan fingerprint density at radius 2 is 1.47 bits per heavy atom. The first kappa shape index (κ1) is 23.1. The van der Waals surface area contributed by atoms with Gasteiger partial charge in [0.25, 0.3) is 5.91 Å². The third kappa shape index (κ3) is 8.90. The highest BCUT2D eigenvalue weighted by molar-refractivity contribution is 6.04. The van der Waals surface area contributed by atoms with E-state index in [1.807, 2.05) is 0 Å². The Labute approximate surface area is 176 Å². The summed E-state index contributed by atoms with van der Waals surface area (Å²) in [5.41, 5.74) is 1.05. The van der Waals surface area contributed by atoms with Crippen molar-refractivity contribution in [3.05, 3.63) is 72.6 Å². The molecule has 30 heavy (non-hydrogen) atoms. The smallest absolute Gasteiger partial charge is 0.330 e. The van der Waals surface area contributed by atoms with Gasteiger partial charge in [-0.25, -0.2) is 9.18 Å². The first-order chi connectivity index (χ1) is 14.6. The van der Waals surface area contributed by atoms with E-state index in [1.165, 1.54) is 30.3 Å². The Morgan fingerprint density at radius 1 is 0.867 bits per heavy atom. The van der Waals surface area contributed by atoms with E-state index in [2.05, 4.69) is 11.9 Å². The van der Waals surface area contributed by atoms with Gasteiger partial charge in [-0.3, -0.25) is 4.79 Å². The molecule has 1 amide bonds. The molecule has 0 aromatic heterocycles. The quantitative estimate of drug-likeness (QED) is 0.267. The van der Waals surface area contributed by atoms with Crippen molar-refractivity contribution in [3.63, 3.8) is 0 Å². The van der Waals surface area contributed by atoms with Crippen LogP contribution >= 0.6 is 0 Å². The lowest BCUT2D eigenvalue weighted by Gasteiger charge is -2.08. The number of rotatable bonds is 13. The average Bonchev–Trinajstić information content (AvgIpc) is 2.76. The topological polar surface area (TPSA) is 64.6 Å². The Morgan fingerprint density at radius 3 is 2.10 bits per heavy atom. The van der Waals surface area contributed by atoms with Crippen molar-refractivity contribution in [3.8, 4) is 5.75 Å². The van der Waals surface area contributed by atoms with E-state index >= 15 is 0 Å². The summed E-state index contributed by atoms with van der Waals surface area (Å²) in [4.78, 5) is 23.1. The standard InChI is InChI=1S/C24H28FNO4/c1-2-23(27)30-18-8-6-4-3-5-7-17-29-22-15-9-19(10-16-22)24(28)26-21-13-11-20(25)12-14-21/h2,9-16H,1,3-8,17-18H2,(H,26,28). The number of carbonyl (C=O) groups excluding carboxylic acids is 2. The number of unbranched alkanes of at least 4 members (excludes halogenated alkanes) is 5. The SMILES string of the molecule is C=CC(=O)OCCCCCCCCOc1ccc(C(=O)Nc2ccc(F)cc2)cc1. The summed E-state index contributed by atoms with van der Waals surface area (Å²) in [6, 6.07) is 12.6. The molecule has 5 nitrogen and oxygen atoms in total. The fourth-order valence-electron chi connectivity index (χ4n) is 2.77. The summed E-state index contributed by atoms with van der Waals surface area (Å²) in [7, 11) is 0. The third-order valence-electron chi connectivity index (χ3n) is 4.44. The Hall–Kier alpha value is -3.15. The molecule has 2 aromatic carbocycles. The number of amides is 1. The number of hydrogen-bond donors (Lipinski definition) is 1. The van der Waals surface area contributed by atoms with Crippen LogP contribution in [0.25, 0.3) is 0 Å². The minimum absolute atomic E-state index is 0.257. The Bertz CT molecular complexity index is 803. The molecule has 2 aromatic rings. The summed E-state index contributed by atoms with van der Waals surface area (Å²) in [5.74, 6) is -0.250. The monoisotopic (exact) mass is 413 g/mol. The van der Waals surface area contributed by atoms with Crippen molar-refractivity contribution in [2.45, 2.75) is 38.5 Å². The minimum atomic E-state index is -0.367. The van der Waals surface area contributed by atoms with Crippen molar-refractivity contribution >= 4 is 17.6 Å². The molecule has 2 rings (SSSR count). The molecule has 6 heteroatoms. The van der Waals surface area contributed by atoms with Crippen molar-refractivity contribution in [1.29, 1.82) is 0 Å². The lowest BCUT2D eigenvalue weighted by atomic mass is 10.1. The van der Waals surface area contributed by atoms with Crippen molar-refractivity contribution in [1.82, 2.24) is 0 Å². The highest BCUT2D eigenvalue weighted by Crippen LogP contribution is 2.15. The number of nitrogens with one attached hydrogen (secondary N) is 1. The van der Waals surface area contributed by atoms with Crippen LogP contribution in [-0.2, 0) is 9.53 Å². The van der Waals surface area contributed by atoms with Gasteiger partial charge in [0.2, 0.25) is 0 Å². The van der Waals surface area contributed by atoms with Crippen molar-refractivity contribution < 1.29 is 23.5 Å². The van der Waals surface area contributed by atoms with Gasteiger partial charge >= 0.3 is 5.97 Å². The van der Waals surface area contributed by atoms with Crippen molar-refractivity contribution in [2.24, 2.45) is 0 Å². The zero-order chi connectivity index (χ0) is 21.6. The van der Waals surface area contributed by atoms with E-state index in [0.717, 1.165) is 44.3 Å². The predicted octanol–water partition coefficient (Wildman–Crippen LogP) is 5.53. The molecular formula is C24H28FNO4. The maximum Gasteiger partial charge on any atom is 0.330 e. The molecule has 0 saturated carbocycles. The van der Waals surface area contributed by atoms with Gasteiger partial charge in [0.15, 0.2) is 0 Å². The molecule has 0 unspecified atom stereocenters. The van der Waals surface area contributed by atoms with Gasteiger partial charge in [-0.05, 0) is 61.4 Å². The van der Waals surface area contributed by atoms with E-state index in [9.17, 15) is 14.0 Å². The molecule has 0 aliphatic heterocycles. The highest BCUT2D eigenvalue weighted by atomic mass is 19.1. The van der Waals surface area contributed by atoms with E-state index in [-0.39, 0.29) is 17.7 Å². The zero-order valence-electron chi connectivity index (χ0n) is 17.1. The normalized spacial score (nSPS) is 10.3. The number of benzene rings is 2. The number of esters is 1. The van der Waals surface area contributed by atoms with Crippen LogP contribution in [0, 0.1) is 5.82 Å². The van der Waals surface area contributed by atoms with E-state index < -0.39 is 0 Å². The van der Waals surface area contributed by atoms with Crippen LogP contribution < -0.4 is 10.1 Å². The Balaban J connectivity index is 1.56. The van der Waals surface area contributed by atoms with Gasteiger partial charge in [-0.2, -0.15) is 0 Å². The van der Waals surface area contributed by atoms with Crippen LogP contribution in [-0.4, -0.2) is 25.1 Å². The average molecular weight is 413 g/mol. The summed E-state index contributed by atoms with van der Waals surface area (Å²) < 4.78 is 23.6. The molecule has 0 radical (unpaired) electrons. The van der Waals surface area contributed by atoms with E-state index in [1.54, 1.807) is 24.3 Å². The maximum absolute atomic E-state index is 12.9. The molecule has 1 N–H and O–H groups in total. The fraction of sp³-hybridized carbons (Fsp3) is 0.333.